The molecule has 4 rings (SSSR count). The molecule has 0 saturated carbocycles. The van der Waals surface area contributed by atoms with Gasteiger partial charge in [-0.05, 0) is 44.2 Å². The number of benzene rings is 2. The first-order chi connectivity index (χ1) is 14.6. The smallest absolute Gasteiger partial charge is 0.174 e. The summed E-state index contributed by atoms with van der Waals surface area (Å²) in [5, 5.41) is 19.9. The molecule has 31 heavy (non-hydrogen) atoms. The van der Waals surface area contributed by atoms with E-state index in [9.17, 15) is 27.9 Å². The Bertz CT molecular complexity index is 1360. The van der Waals surface area contributed by atoms with Crippen LogP contribution in [-0.4, -0.2) is 14.5 Å². The average Bonchev–Trinajstić information content (AvgIpc) is 3.13. The van der Waals surface area contributed by atoms with Gasteiger partial charge < -0.3 is 5.11 Å². The molecule has 4 aromatic rings. The number of fused-ring (bicyclic) bond motifs is 1. The van der Waals surface area contributed by atoms with Crippen LogP contribution in [0, 0.1) is 34.6 Å². The summed E-state index contributed by atoms with van der Waals surface area (Å²) in [6.07, 6.45) is 2.71. The van der Waals surface area contributed by atoms with E-state index in [1.54, 1.807) is 0 Å². The van der Waals surface area contributed by atoms with Crippen molar-refractivity contribution in [1.29, 1.82) is 5.26 Å². The topological polar surface area (TPSA) is 61.3 Å². The van der Waals surface area contributed by atoms with Crippen molar-refractivity contribution < 1.29 is 22.7 Å². The fourth-order valence-corrected chi connectivity index (χ4v) is 3.58. The molecule has 0 aliphatic carbocycles. The molecular weight excluding hydrogens is 410 g/mol. The number of hydrogen-bond donors (Lipinski definition) is 1. The molecule has 0 radical (unpaired) electrons. The lowest BCUT2D eigenvalue weighted by molar-refractivity contribution is 0.0746. The Hall–Kier alpha value is -3.70. The van der Waals surface area contributed by atoms with Crippen LogP contribution in [0.5, 0.6) is 0 Å². The minimum absolute atomic E-state index is 0.0193. The van der Waals surface area contributed by atoms with E-state index in [4.69, 9.17) is 0 Å². The Morgan fingerprint density at radius 2 is 1.61 bits per heavy atom. The van der Waals surface area contributed by atoms with E-state index in [-0.39, 0.29) is 28.0 Å². The lowest BCUT2D eigenvalue weighted by Crippen LogP contribution is -2.18. The third kappa shape index (κ3) is 3.23. The molecule has 2 aromatic heterocycles. The lowest BCUT2D eigenvalue weighted by atomic mass is 9.93. The molecule has 0 bridgehead atoms. The summed E-state index contributed by atoms with van der Waals surface area (Å²) in [6, 6.07) is 8.49. The van der Waals surface area contributed by atoms with E-state index in [1.807, 2.05) is 6.07 Å². The van der Waals surface area contributed by atoms with Gasteiger partial charge in [-0.3, -0.25) is 4.40 Å². The highest BCUT2D eigenvalue weighted by atomic mass is 19.1. The Kier molecular flexibility index (Phi) is 4.79. The Morgan fingerprint density at radius 1 is 0.968 bits per heavy atom. The number of rotatable bonds is 3. The second-order valence-electron chi connectivity index (χ2n) is 7.49. The number of aliphatic hydroxyl groups is 1. The second-order valence-corrected chi connectivity index (χ2v) is 7.49. The van der Waals surface area contributed by atoms with E-state index in [0.717, 1.165) is 24.3 Å². The molecule has 8 heteroatoms. The van der Waals surface area contributed by atoms with Crippen molar-refractivity contribution in [2.24, 2.45) is 0 Å². The van der Waals surface area contributed by atoms with Gasteiger partial charge in [-0.25, -0.2) is 22.5 Å². The number of aromatic nitrogens is 2. The first kappa shape index (κ1) is 20.6. The van der Waals surface area contributed by atoms with Crippen molar-refractivity contribution >= 4 is 5.65 Å². The van der Waals surface area contributed by atoms with Crippen molar-refractivity contribution in [2.45, 2.75) is 19.4 Å². The average molecular weight is 425 g/mol. The summed E-state index contributed by atoms with van der Waals surface area (Å²) in [5.74, 6) is -3.78. The molecule has 0 atom stereocenters. The number of hydrogen-bond acceptors (Lipinski definition) is 3. The Balaban J connectivity index is 2.02. The van der Waals surface area contributed by atoms with Gasteiger partial charge in [0.05, 0.1) is 28.6 Å². The van der Waals surface area contributed by atoms with Gasteiger partial charge in [0, 0.05) is 22.9 Å². The maximum Gasteiger partial charge on any atom is 0.174 e. The van der Waals surface area contributed by atoms with E-state index >= 15 is 0 Å². The third-order valence-electron chi connectivity index (χ3n) is 5.03. The monoisotopic (exact) mass is 425 g/mol. The zero-order valence-electron chi connectivity index (χ0n) is 16.4. The minimum Gasteiger partial charge on any atom is -0.386 e. The normalized spacial score (nSPS) is 11.7. The van der Waals surface area contributed by atoms with Crippen molar-refractivity contribution in [1.82, 2.24) is 9.38 Å². The molecule has 0 fully saturated rings. The molecule has 0 spiro atoms. The van der Waals surface area contributed by atoms with Crippen LogP contribution < -0.4 is 0 Å². The largest absolute Gasteiger partial charge is 0.386 e. The zero-order chi connectivity index (χ0) is 22.5. The molecule has 1 N–H and O–H groups in total. The van der Waals surface area contributed by atoms with Crippen LogP contribution in [0.15, 0.2) is 48.8 Å². The Labute approximate surface area is 174 Å². The summed E-state index contributed by atoms with van der Waals surface area (Å²) in [4.78, 5) is 4.03. The van der Waals surface area contributed by atoms with Crippen molar-refractivity contribution in [2.75, 3.05) is 0 Å². The maximum absolute atomic E-state index is 14.9. The van der Waals surface area contributed by atoms with Gasteiger partial charge in [-0.1, -0.05) is 6.07 Å². The summed E-state index contributed by atoms with van der Waals surface area (Å²) < 4.78 is 59.6. The van der Waals surface area contributed by atoms with Crippen LogP contribution in [0.3, 0.4) is 0 Å². The number of halogens is 4. The first-order valence-corrected chi connectivity index (χ1v) is 9.21. The molecule has 156 valence electrons. The molecule has 0 amide bonds. The fourth-order valence-electron chi connectivity index (χ4n) is 3.58. The van der Waals surface area contributed by atoms with Gasteiger partial charge in [0.25, 0.3) is 0 Å². The van der Waals surface area contributed by atoms with Gasteiger partial charge in [0.2, 0.25) is 0 Å². The quantitative estimate of drug-likeness (QED) is 0.452. The molecule has 2 heterocycles. The van der Waals surface area contributed by atoms with E-state index in [0.29, 0.717) is 0 Å². The number of nitrogens with zero attached hydrogens (tertiary/aromatic N) is 3. The molecule has 0 aliphatic rings. The van der Waals surface area contributed by atoms with Gasteiger partial charge in [0.1, 0.15) is 23.5 Å². The highest BCUT2D eigenvalue weighted by Gasteiger charge is 2.26. The summed E-state index contributed by atoms with van der Waals surface area (Å²) in [5.41, 5.74) is -2.75. The molecule has 0 unspecified atom stereocenters. The predicted octanol–water partition coefficient (Wildman–Crippen LogP) is 5.32. The summed E-state index contributed by atoms with van der Waals surface area (Å²) in [7, 11) is 0. The van der Waals surface area contributed by atoms with Gasteiger partial charge in [-0.15, -0.1) is 0 Å². The first-order valence-electron chi connectivity index (χ1n) is 9.21. The molecule has 0 aliphatic heterocycles. The van der Waals surface area contributed by atoms with Crippen molar-refractivity contribution in [3.05, 3.63) is 83.2 Å². The van der Waals surface area contributed by atoms with Gasteiger partial charge >= 0.3 is 0 Å². The van der Waals surface area contributed by atoms with E-state index < -0.39 is 40.0 Å². The third-order valence-corrected chi connectivity index (χ3v) is 5.03. The van der Waals surface area contributed by atoms with Crippen molar-refractivity contribution in [3.8, 4) is 28.5 Å². The van der Waals surface area contributed by atoms with Gasteiger partial charge in [0.15, 0.2) is 11.5 Å². The van der Waals surface area contributed by atoms with Crippen LogP contribution in [0.25, 0.3) is 28.0 Å². The highest BCUT2D eigenvalue weighted by Crippen LogP contribution is 2.37. The number of imidazole rings is 1. The predicted molar refractivity (Wildman–Crippen MR) is 106 cm³/mol. The van der Waals surface area contributed by atoms with E-state index in [2.05, 4.69) is 4.98 Å². The zero-order valence-corrected chi connectivity index (χ0v) is 16.4. The molecule has 0 saturated heterocycles. The van der Waals surface area contributed by atoms with Crippen LogP contribution in [0.4, 0.5) is 17.6 Å². The molecular formula is C23H15F4N3O. The lowest BCUT2D eigenvalue weighted by Gasteiger charge is -2.19. The Morgan fingerprint density at radius 3 is 2.23 bits per heavy atom. The van der Waals surface area contributed by atoms with Crippen LogP contribution in [-0.2, 0) is 5.60 Å². The fraction of sp³-hybridized carbons (Fsp3) is 0.130. The maximum atomic E-state index is 14.9. The molecule has 4 nitrogen and oxygen atoms in total. The van der Waals surface area contributed by atoms with Crippen LogP contribution >= 0.6 is 0 Å². The number of nitriles is 1. The van der Waals surface area contributed by atoms with Gasteiger partial charge in [-0.2, -0.15) is 5.26 Å². The second kappa shape index (κ2) is 7.22. The minimum atomic E-state index is -1.46. The van der Waals surface area contributed by atoms with Crippen LogP contribution in [0.1, 0.15) is 25.0 Å². The summed E-state index contributed by atoms with van der Waals surface area (Å²) in [6.45, 7) is 2.85. The summed E-state index contributed by atoms with van der Waals surface area (Å²) >= 11 is 0. The molecule has 2 aromatic carbocycles. The highest BCUT2D eigenvalue weighted by molar-refractivity contribution is 5.82. The van der Waals surface area contributed by atoms with Crippen LogP contribution in [0.2, 0.25) is 0 Å². The standard InChI is InChI=1S/C23H15F4N3O/c1-23(2,31)14-8-9-30-18(11-29-22(30)21(14)27)12-6-7-17(26)19(13(12)10-28)20-15(24)4-3-5-16(20)25/h3-9,11,31H,1-2H3. The van der Waals surface area contributed by atoms with Crippen molar-refractivity contribution in [3.63, 3.8) is 0 Å². The number of pyridine rings is 1. The van der Waals surface area contributed by atoms with E-state index in [1.165, 1.54) is 42.8 Å². The SMILES string of the molecule is CC(C)(O)c1ccn2c(-c3ccc(F)c(-c4c(F)cccc4F)c3C#N)cnc2c1F.